The van der Waals surface area contributed by atoms with Gasteiger partial charge in [0.05, 0.1) is 11.6 Å². The first kappa shape index (κ1) is 20.5. The molecule has 0 bridgehead atoms. The van der Waals surface area contributed by atoms with Gasteiger partial charge in [0.1, 0.15) is 0 Å². The summed E-state index contributed by atoms with van der Waals surface area (Å²) in [5.41, 5.74) is 2.18. The highest BCUT2D eigenvalue weighted by atomic mass is 16.2. The maximum Gasteiger partial charge on any atom is 0.273 e. The number of nitrogens with one attached hydrogen (secondary N) is 3. The molecule has 3 N–H and O–H groups in total. The molecule has 0 spiro atoms. The number of hydrogen-bond acceptors (Lipinski definition) is 5. The number of likely N-dealkylation sites (tertiary alicyclic amines) is 1. The third-order valence-corrected chi connectivity index (χ3v) is 6.41. The molecular weight excluding hydrogens is 380 g/mol. The summed E-state index contributed by atoms with van der Waals surface area (Å²) < 4.78 is 0. The predicted molar refractivity (Wildman–Crippen MR) is 113 cm³/mol. The number of nitrogens with zero attached hydrogens (tertiary/aromatic N) is 3. The molecule has 30 heavy (non-hydrogen) atoms. The normalized spacial score (nSPS) is 27.0. The van der Waals surface area contributed by atoms with Crippen molar-refractivity contribution in [1.29, 1.82) is 0 Å². The standard InChI is InChI=1S/C22H30N6O2/c1-14-20(26-27-25-14)22(30)24-17-10-8-16(9-11-17)23-21(29)19-13-28(2)12-18(19)15-6-4-3-5-7-15/h3-7,16-19H,8-13H2,1-2H3,(H,23,29)(H,24,30)(H,25,26,27)/t16?,17?,18-,19+/m1/s1. The maximum atomic E-state index is 13.1. The molecule has 2 fully saturated rings. The molecule has 1 saturated heterocycles. The highest BCUT2D eigenvalue weighted by Gasteiger charge is 2.38. The van der Waals surface area contributed by atoms with Gasteiger partial charge in [0.2, 0.25) is 5.91 Å². The lowest BCUT2D eigenvalue weighted by atomic mass is 9.87. The summed E-state index contributed by atoms with van der Waals surface area (Å²) in [6.45, 7) is 3.45. The van der Waals surface area contributed by atoms with Crippen molar-refractivity contribution in [3.8, 4) is 0 Å². The second-order valence-electron chi connectivity index (χ2n) is 8.63. The van der Waals surface area contributed by atoms with Crippen molar-refractivity contribution >= 4 is 11.8 Å². The Morgan fingerprint density at radius 3 is 2.30 bits per heavy atom. The van der Waals surface area contributed by atoms with Crippen LogP contribution in [0.25, 0.3) is 0 Å². The number of carbonyl (C=O) groups excluding carboxylic acids is 2. The molecule has 1 aromatic heterocycles. The number of H-pyrrole nitrogens is 1. The first-order valence-electron chi connectivity index (χ1n) is 10.7. The van der Waals surface area contributed by atoms with Crippen molar-refractivity contribution in [3.63, 3.8) is 0 Å². The summed E-state index contributed by atoms with van der Waals surface area (Å²) in [4.78, 5) is 27.6. The molecule has 0 unspecified atom stereocenters. The van der Waals surface area contributed by atoms with Crippen LogP contribution < -0.4 is 10.6 Å². The van der Waals surface area contributed by atoms with Crippen LogP contribution in [0, 0.1) is 12.8 Å². The average Bonchev–Trinajstić information content (AvgIpc) is 3.35. The highest BCUT2D eigenvalue weighted by Crippen LogP contribution is 2.32. The molecule has 1 aromatic carbocycles. The van der Waals surface area contributed by atoms with Gasteiger partial charge in [-0.3, -0.25) is 9.59 Å². The number of aromatic nitrogens is 3. The first-order valence-corrected chi connectivity index (χ1v) is 10.7. The monoisotopic (exact) mass is 410 g/mol. The molecule has 2 aliphatic rings. The molecule has 160 valence electrons. The molecule has 1 saturated carbocycles. The number of hydrogen-bond donors (Lipinski definition) is 3. The van der Waals surface area contributed by atoms with E-state index in [1.54, 1.807) is 6.92 Å². The summed E-state index contributed by atoms with van der Waals surface area (Å²) >= 11 is 0. The fraction of sp³-hybridized carbons (Fsp3) is 0.545. The van der Waals surface area contributed by atoms with Crippen LogP contribution in [0.4, 0.5) is 0 Å². The van der Waals surface area contributed by atoms with Gasteiger partial charge in [-0.05, 0) is 45.2 Å². The van der Waals surface area contributed by atoms with Gasteiger partial charge in [-0.2, -0.15) is 15.4 Å². The Bertz CT molecular complexity index is 875. The zero-order valence-corrected chi connectivity index (χ0v) is 17.6. The summed E-state index contributed by atoms with van der Waals surface area (Å²) in [6.07, 6.45) is 3.43. The van der Waals surface area contributed by atoms with Crippen LogP contribution in [0.15, 0.2) is 30.3 Å². The largest absolute Gasteiger partial charge is 0.353 e. The van der Waals surface area contributed by atoms with Crippen molar-refractivity contribution in [2.45, 2.75) is 50.6 Å². The van der Waals surface area contributed by atoms with Crippen LogP contribution in [0.1, 0.15) is 53.3 Å². The lowest BCUT2D eigenvalue weighted by molar-refractivity contribution is -0.126. The van der Waals surface area contributed by atoms with E-state index in [0.717, 1.165) is 38.8 Å². The molecule has 2 amide bonds. The molecule has 8 nitrogen and oxygen atoms in total. The van der Waals surface area contributed by atoms with Gasteiger partial charge in [0.15, 0.2) is 5.69 Å². The van der Waals surface area contributed by atoms with E-state index in [2.05, 4.69) is 50.1 Å². The van der Waals surface area contributed by atoms with Gasteiger partial charge in [-0.1, -0.05) is 30.3 Å². The van der Waals surface area contributed by atoms with E-state index in [9.17, 15) is 9.59 Å². The van der Waals surface area contributed by atoms with Crippen molar-refractivity contribution in [1.82, 2.24) is 30.9 Å². The predicted octanol–water partition coefficient (Wildman–Crippen LogP) is 1.62. The second-order valence-corrected chi connectivity index (χ2v) is 8.63. The molecular formula is C22H30N6O2. The van der Waals surface area contributed by atoms with Gasteiger partial charge in [0, 0.05) is 31.1 Å². The van der Waals surface area contributed by atoms with Gasteiger partial charge in [-0.25, -0.2) is 0 Å². The molecule has 4 rings (SSSR count). The molecule has 0 radical (unpaired) electrons. The minimum atomic E-state index is -0.187. The smallest absolute Gasteiger partial charge is 0.273 e. The number of aromatic amines is 1. The minimum Gasteiger partial charge on any atom is -0.353 e. The van der Waals surface area contributed by atoms with Crippen LogP contribution in [-0.2, 0) is 4.79 Å². The molecule has 2 aromatic rings. The summed E-state index contributed by atoms with van der Waals surface area (Å²) in [5, 5.41) is 16.6. The van der Waals surface area contributed by atoms with E-state index in [1.165, 1.54) is 5.56 Å². The third-order valence-electron chi connectivity index (χ3n) is 6.41. The highest BCUT2D eigenvalue weighted by molar-refractivity contribution is 5.93. The molecule has 2 heterocycles. The first-order chi connectivity index (χ1) is 14.5. The van der Waals surface area contributed by atoms with Crippen LogP contribution in [0.2, 0.25) is 0 Å². The number of benzene rings is 1. The minimum absolute atomic E-state index is 0.0232. The lowest BCUT2D eigenvalue weighted by Crippen LogP contribution is -2.46. The second kappa shape index (κ2) is 8.95. The number of carbonyl (C=O) groups is 2. The topological polar surface area (TPSA) is 103 Å². The van der Waals surface area contributed by atoms with E-state index in [0.29, 0.717) is 11.4 Å². The Morgan fingerprint density at radius 1 is 1.00 bits per heavy atom. The molecule has 8 heteroatoms. The van der Waals surface area contributed by atoms with Crippen LogP contribution in [0.3, 0.4) is 0 Å². The molecule has 1 aliphatic carbocycles. The molecule has 2 atom stereocenters. The van der Waals surface area contributed by atoms with Gasteiger partial charge < -0.3 is 15.5 Å². The Balaban J connectivity index is 1.29. The lowest BCUT2D eigenvalue weighted by Gasteiger charge is -2.31. The quantitative estimate of drug-likeness (QED) is 0.695. The fourth-order valence-electron chi connectivity index (χ4n) is 4.75. The van der Waals surface area contributed by atoms with Crippen molar-refractivity contribution < 1.29 is 9.59 Å². The number of likely N-dealkylation sites (N-methyl/N-ethyl adjacent to an activating group) is 1. The van der Waals surface area contributed by atoms with Crippen molar-refractivity contribution in [2.24, 2.45) is 5.92 Å². The van der Waals surface area contributed by atoms with Gasteiger partial charge in [0.25, 0.3) is 5.91 Å². The number of aryl methyl sites for hydroxylation is 1. The average molecular weight is 411 g/mol. The van der Waals surface area contributed by atoms with Crippen LogP contribution >= 0.6 is 0 Å². The van der Waals surface area contributed by atoms with Crippen LogP contribution in [-0.4, -0.2) is 64.3 Å². The Hall–Kier alpha value is -2.74. The van der Waals surface area contributed by atoms with E-state index in [-0.39, 0.29) is 35.7 Å². The van der Waals surface area contributed by atoms with E-state index in [1.807, 2.05) is 18.2 Å². The van der Waals surface area contributed by atoms with E-state index < -0.39 is 0 Å². The van der Waals surface area contributed by atoms with E-state index >= 15 is 0 Å². The number of amides is 2. The SMILES string of the molecule is Cc1n[nH]nc1C(=O)NC1CCC(NC(=O)[C@H]2CN(C)C[C@@H]2c2ccccc2)CC1. The zero-order chi connectivity index (χ0) is 21.1. The summed E-state index contributed by atoms with van der Waals surface area (Å²) in [7, 11) is 2.08. The summed E-state index contributed by atoms with van der Waals surface area (Å²) in [5.74, 6) is 0.176. The summed E-state index contributed by atoms with van der Waals surface area (Å²) in [6, 6.07) is 10.6. The fourth-order valence-corrected chi connectivity index (χ4v) is 4.75. The zero-order valence-electron chi connectivity index (χ0n) is 17.6. The Kier molecular flexibility index (Phi) is 6.13. The Labute approximate surface area is 176 Å². The van der Waals surface area contributed by atoms with E-state index in [4.69, 9.17) is 0 Å². The van der Waals surface area contributed by atoms with Crippen molar-refractivity contribution in [3.05, 3.63) is 47.3 Å². The number of rotatable bonds is 5. The Morgan fingerprint density at radius 2 is 1.67 bits per heavy atom. The maximum absolute atomic E-state index is 13.1. The van der Waals surface area contributed by atoms with Gasteiger partial charge >= 0.3 is 0 Å². The van der Waals surface area contributed by atoms with Crippen molar-refractivity contribution in [2.75, 3.05) is 20.1 Å². The van der Waals surface area contributed by atoms with Crippen LogP contribution in [0.5, 0.6) is 0 Å². The van der Waals surface area contributed by atoms with Gasteiger partial charge in [-0.15, -0.1) is 0 Å². The third kappa shape index (κ3) is 4.53. The molecule has 1 aliphatic heterocycles.